The quantitative estimate of drug-likeness (QED) is 0.343. The zero-order chi connectivity index (χ0) is 25.7. The molecule has 0 atom stereocenters. The van der Waals surface area contributed by atoms with Gasteiger partial charge in [0, 0.05) is 43.8 Å². The van der Waals surface area contributed by atoms with Crippen molar-refractivity contribution >= 4 is 17.2 Å². The van der Waals surface area contributed by atoms with Crippen molar-refractivity contribution in [1.29, 1.82) is 0 Å². The number of benzene rings is 2. The molecule has 2 aromatic heterocycles. The van der Waals surface area contributed by atoms with Gasteiger partial charge in [-0.2, -0.15) is 0 Å². The molecule has 4 aromatic rings. The maximum Gasteiger partial charge on any atom is 0.257 e. The van der Waals surface area contributed by atoms with E-state index in [4.69, 9.17) is 17.2 Å². The Bertz CT molecular complexity index is 1400. The van der Waals surface area contributed by atoms with Gasteiger partial charge in [0.25, 0.3) is 5.56 Å². The van der Waals surface area contributed by atoms with Crippen LogP contribution in [-0.4, -0.2) is 54.2 Å². The maximum absolute atomic E-state index is 13.7. The third-order valence-corrected chi connectivity index (χ3v) is 6.75. The van der Waals surface area contributed by atoms with E-state index in [0.29, 0.717) is 29.3 Å². The number of aromatic nitrogens is 6. The molecular weight excluding hydrogens is 470 g/mol. The highest BCUT2D eigenvalue weighted by Gasteiger charge is 2.18. The summed E-state index contributed by atoms with van der Waals surface area (Å²) in [5.74, 6) is 1.38. The van der Waals surface area contributed by atoms with Crippen LogP contribution in [0.25, 0.3) is 22.5 Å². The third kappa shape index (κ3) is 5.57. The zero-order valence-corrected chi connectivity index (χ0v) is 22.0. The van der Waals surface area contributed by atoms with E-state index >= 15 is 0 Å². The molecule has 0 unspecified atom stereocenters. The van der Waals surface area contributed by atoms with Crippen LogP contribution in [0.3, 0.4) is 0 Å². The van der Waals surface area contributed by atoms with E-state index < -0.39 is 0 Å². The third-order valence-electron chi connectivity index (χ3n) is 6.24. The van der Waals surface area contributed by atoms with Crippen LogP contribution in [-0.2, 0) is 19.4 Å². The Morgan fingerprint density at radius 1 is 1.11 bits per heavy atom. The average Bonchev–Trinajstić information content (AvgIpc) is 3.42. The van der Waals surface area contributed by atoms with Crippen molar-refractivity contribution in [1.82, 2.24) is 35.1 Å². The summed E-state index contributed by atoms with van der Waals surface area (Å²) in [7, 11) is 3.79. The summed E-state index contributed by atoms with van der Waals surface area (Å²) in [6.45, 7) is 4.44. The number of nitrogens with one attached hydrogen (secondary N) is 1. The van der Waals surface area contributed by atoms with Gasteiger partial charge in [0.15, 0.2) is 5.82 Å². The highest BCUT2D eigenvalue weighted by molar-refractivity contribution is 7.80. The molecule has 2 aromatic carbocycles. The van der Waals surface area contributed by atoms with Gasteiger partial charge in [-0.25, -0.2) is 10.1 Å². The first kappa shape index (κ1) is 25.4. The fourth-order valence-corrected chi connectivity index (χ4v) is 4.31. The molecular formula is C27H31N7OS. The molecule has 0 aliphatic carbocycles. The molecule has 0 fully saturated rings. The van der Waals surface area contributed by atoms with Crippen LogP contribution in [0.5, 0.6) is 0 Å². The van der Waals surface area contributed by atoms with E-state index in [1.165, 1.54) is 0 Å². The molecule has 1 N–H and O–H groups in total. The Morgan fingerprint density at radius 2 is 1.89 bits per heavy atom. The van der Waals surface area contributed by atoms with Gasteiger partial charge in [-0.15, -0.1) is 5.10 Å². The first-order valence-corrected chi connectivity index (χ1v) is 12.5. The summed E-state index contributed by atoms with van der Waals surface area (Å²) in [6.07, 6.45) is 3.13. The van der Waals surface area contributed by atoms with Crippen molar-refractivity contribution in [3.63, 3.8) is 0 Å². The van der Waals surface area contributed by atoms with Crippen molar-refractivity contribution < 1.29 is 0 Å². The van der Waals surface area contributed by atoms with E-state index in [0.717, 1.165) is 53.0 Å². The molecule has 2 heterocycles. The van der Waals surface area contributed by atoms with Crippen molar-refractivity contribution in [3.8, 4) is 22.5 Å². The molecule has 0 saturated heterocycles. The molecule has 0 amide bonds. The monoisotopic (exact) mass is 501 g/mol. The van der Waals surface area contributed by atoms with Crippen LogP contribution < -0.4 is 5.56 Å². The van der Waals surface area contributed by atoms with Gasteiger partial charge in [0.1, 0.15) is 5.82 Å². The SMILES string of the molecule is CCCCc1nc(C)c(CC(=S)N(C)C)c(=O)n1Cc1ccc(-c2ccccc2)c(-c2nnn[nH]2)c1. The number of unbranched alkanes of at least 4 members (excludes halogenated alkanes) is 1. The molecule has 0 saturated carbocycles. The van der Waals surface area contributed by atoms with Crippen molar-refractivity contribution in [2.24, 2.45) is 0 Å². The predicted octanol–water partition coefficient (Wildman–Crippen LogP) is 4.22. The minimum Gasteiger partial charge on any atom is -0.372 e. The largest absolute Gasteiger partial charge is 0.372 e. The molecule has 0 spiro atoms. The topological polar surface area (TPSA) is 92.6 Å². The van der Waals surface area contributed by atoms with Crippen molar-refractivity contribution in [2.75, 3.05) is 14.1 Å². The van der Waals surface area contributed by atoms with Gasteiger partial charge in [0.2, 0.25) is 0 Å². The van der Waals surface area contributed by atoms with Crippen molar-refractivity contribution in [2.45, 2.75) is 46.1 Å². The molecule has 4 rings (SSSR count). The molecule has 0 radical (unpaired) electrons. The second kappa shape index (κ2) is 11.3. The van der Waals surface area contributed by atoms with Gasteiger partial charge in [-0.05, 0) is 46.5 Å². The first-order chi connectivity index (χ1) is 17.4. The number of aryl methyl sites for hydroxylation is 2. The van der Waals surface area contributed by atoms with Crippen LogP contribution in [0.1, 0.15) is 42.4 Å². The smallest absolute Gasteiger partial charge is 0.257 e. The molecule has 186 valence electrons. The maximum atomic E-state index is 13.7. The summed E-state index contributed by atoms with van der Waals surface area (Å²) in [5, 5.41) is 14.6. The summed E-state index contributed by atoms with van der Waals surface area (Å²) >= 11 is 5.51. The fourth-order valence-electron chi connectivity index (χ4n) is 4.17. The van der Waals surface area contributed by atoms with Crippen LogP contribution in [0.15, 0.2) is 53.3 Å². The number of H-pyrrole nitrogens is 1. The average molecular weight is 502 g/mol. The van der Waals surface area contributed by atoms with Gasteiger partial charge in [0.05, 0.1) is 11.5 Å². The number of hydrogen-bond donors (Lipinski definition) is 1. The molecule has 0 bridgehead atoms. The number of aromatic amines is 1. The molecule has 0 aliphatic heterocycles. The predicted molar refractivity (Wildman–Crippen MR) is 146 cm³/mol. The van der Waals surface area contributed by atoms with Gasteiger partial charge >= 0.3 is 0 Å². The number of likely N-dealkylation sites (N-methyl/N-ethyl adjacent to an activating group) is 1. The van der Waals surface area contributed by atoms with E-state index in [2.05, 4.69) is 51.8 Å². The van der Waals surface area contributed by atoms with Crippen LogP contribution in [0.2, 0.25) is 0 Å². The molecule has 8 nitrogen and oxygen atoms in total. The Labute approximate surface area is 216 Å². The Balaban J connectivity index is 1.80. The van der Waals surface area contributed by atoms with E-state index in [-0.39, 0.29) is 5.56 Å². The Hall–Kier alpha value is -3.72. The lowest BCUT2D eigenvalue weighted by molar-refractivity contribution is 0.610. The number of nitrogens with zero attached hydrogens (tertiary/aromatic N) is 6. The van der Waals surface area contributed by atoms with Crippen LogP contribution in [0, 0.1) is 6.92 Å². The first-order valence-electron chi connectivity index (χ1n) is 12.1. The van der Waals surface area contributed by atoms with E-state index in [9.17, 15) is 4.79 Å². The summed E-state index contributed by atoms with van der Waals surface area (Å²) in [4.78, 5) is 21.2. The minimum absolute atomic E-state index is 0.0344. The van der Waals surface area contributed by atoms with Crippen LogP contribution >= 0.6 is 12.2 Å². The second-order valence-corrected chi connectivity index (χ2v) is 9.52. The number of hydrogen-bond acceptors (Lipinski definition) is 6. The molecule has 9 heteroatoms. The summed E-state index contributed by atoms with van der Waals surface area (Å²) in [5.41, 5.74) is 5.28. The second-order valence-electron chi connectivity index (χ2n) is 9.05. The summed E-state index contributed by atoms with van der Waals surface area (Å²) < 4.78 is 1.80. The number of thiocarbonyl (C=S) groups is 1. The van der Waals surface area contributed by atoms with Gasteiger partial charge in [-0.3, -0.25) is 9.36 Å². The van der Waals surface area contributed by atoms with E-state index in [1.807, 2.05) is 50.2 Å². The molecule has 0 aliphatic rings. The van der Waals surface area contributed by atoms with Crippen LogP contribution in [0.4, 0.5) is 0 Å². The Morgan fingerprint density at radius 3 is 2.56 bits per heavy atom. The highest BCUT2D eigenvalue weighted by atomic mass is 32.1. The van der Waals surface area contributed by atoms with Gasteiger partial charge in [-0.1, -0.05) is 68.0 Å². The summed E-state index contributed by atoms with van der Waals surface area (Å²) in [6, 6.07) is 16.3. The lowest BCUT2D eigenvalue weighted by Gasteiger charge is -2.19. The highest BCUT2D eigenvalue weighted by Crippen LogP contribution is 2.31. The van der Waals surface area contributed by atoms with Gasteiger partial charge < -0.3 is 4.90 Å². The standard InChI is InChI=1S/C27H31N7OS/c1-5-6-12-24-28-18(2)22(16-25(36)33(3)4)27(35)34(24)17-19-13-14-21(20-10-8-7-9-11-20)23(15-19)26-29-31-32-30-26/h7-11,13-15H,5-6,12,16-17H2,1-4H3,(H,29,30,31,32). The normalized spacial score (nSPS) is 11.0. The van der Waals surface area contributed by atoms with Crippen molar-refractivity contribution in [3.05, 3.63) is 81.5 Å². The zero-order valence-electron chi connectivity index (χ0n) is 21.2. The lowest BCUT2D eigenvalue weighted by Crippen LogP contribution is -2.33. The Kier molecular flexibility index (Phi) is 8.00. The lowest BCUT2D eigenvalue weighted by atomic mass is 9.97. The van der Waals surface area contributed by atoms with E-state index in [1.54, 1.807) is 4.57 Å². The number of tetrazole rings is 1. The minimum atomic E-state index is -0.0344. The number of rotatable bonds is 9. The fraction of sp³-hybridized carbons (Fsp3) is 0.333. The molecule has 36 heavy (non-hydrogen) atoms.